The van der Waals surface area contributed by atoms with E-state index >= 15 is 0 Å². The van der Waals surface area contributed by atoms with E-state index in [4.69, 9.17) is 4.98 Å². The number of anilines is 2. The molecule has 1 aliphatic heterocycles. The monoisotopic (exact) mass is 258 g/mol. The highest BCUT2D eigenvalue weighted by Crippen LogP contribution is 2.41. The number of hydrogen-bond donors (Lipinski definition) is 2. The normalized spacial score (nSPS) is 25.4. The molecule has 1 aliphatic carbocycles. The first-order chi connectivity index (χ1) is 9.35. The number of aromatic nitrogens is 4. The minimum atomic E-state index is 0.654. The van der Waals surface area contributed by atoms with Crippen LogP contribution in [0.25, 0.3) is 11.2 Å². The highest BCUT2D eigenvalue weighted by Gasteiger charge is 2.39. The van der Waals surface area contributed by atoms with Gasteiger partial charge in [-0.3, -0.25) is 0 Å². The van der Waals surface area contributed by atoms with Crippen LogP contribution in [-0.2, 0) is 0 Å². The molecule has 2 fully saturated rings. The predicted octanol–water partition coefficient (Wildman–Crippen LogP) is 1.77. The third-order valence-corrected chi connectivity index (χ3v) is 4.28. The molecule has 4 rings (SSSR count). The van der Waals surface area contributed by atoms with E-state index in [1.165, 1.54) is 19.3 Å². The molecule has 1 saturated heterocycles. The Morgan fingerprint density at radius 2 is 2.37 bits per heavy atom. The van der Waals surface area contributed by atoms with Crippen molar-refractivity contribution in [3.8, 4) is 0 Å². The fourth-order valence-corrected chi connectivity index (χ4v) is 3.45. The molecule has 2 aromatic rings. The summed E-state index contributed by atoms with van der Waals surface area (Å²) in [4.78, 5) is 19.0. The maximum atomic E-state index is 4.70. The first-order valence-electron chi connectivity index (χ1n) is 7.06. The van der Waals surface area contributed by atoms with Crippen LogP contribution >= 0.6 is 0 Å². The molecule has 2 bridgehead atoms. The zero-order chi connectivity index (χ0) is 12.8. The second kappa shape index (κ2) is 4.08. The SMILES string of the molecule is CCNc1nc(N2CC3CCC2C3)c2[nH]cnc2n1. The van der Waals surface area contributed by atoms with Gasteiger partial charge in [0, 0.05) is 19.1 Å². The number of nitrogens with zero attached hydrogens (tertiary/aromatic N) is 4. The molecule has 2 atom stereocenters. The largest absolute Gasteiger partial charge is 0.354 e. The number of fused-ring (bicyclic) bond motifs is 3. The quantitative estimate of drug-likeness (QED) is 0.878. The Labute approximate surface area is 111 Å². The topological polar surface area (TPSA) is 69.7 Å². The smallest absolute Gasteiger partial charge is 0.226 e. The predicted molar refractivity (Wildman–Crippen MR) is 74.3 cm³/mol. The second-order valence-electron chi connectivity index (χ2n) is 5.49. The van der Waals surface area contributed by atoms with Crippen molar-refractivity contribution in [3.05, 3.63) is 6.33 Å². The summed E-state index contributed by atoms with van der Waals surface area (Å²) in [6.07, 6.45) is 5.68. The number of hydrogen-bond acceptors (Lipinski definition) is 5. The maximum absolute atomic E-state index is 4.70. The molecular formula is C13H18N6. The molecule has 3 heterocycles. The van der Waals surface area contributed by atoms with E-state index in [1.54, 1.807) is 6.33 Å². The molecule has 1 saturated carbocycles. The van der Waals surface area contributed by atoms with Gasteiger partial charge in [-0.15, -0.1) is 0 Å². The Morgan fingerprint density at radius 3 is 3.11 bits per heavy atom. The Balaban J connectivity index is 1.80. The minimum Gasteiger partial charge on any atom is -0.354 e. The molecule has 19 heavy (non-hydrogen) atoms. The summed E-state index contributed by atoms with van der Waals surface area (Å²) in [6.45, 7) is 4.00. The fourth-order valence-electron chi connectivity index (χ4n) is 3.45. The van der Waals surface area contributed by atoms with Gasteiger partial charge in [0.05, 0.1) is 6.33 Å². The first kappa shape index (κ1) is 11.0. The number of piperidine rings is 1. The van der Waals surface area contributed by atoms with Gasteiger partial charge in [-0.25, -0.2) is 4.98 Å². The molecule has 6 heteroatoms. The number of nitrogens with one attached hydrogen (secondary N) is 2. The molecule has 2 aliphatic rings. The van der Waals surface area contributed by atoms with Gasteiger partial charge in [0.15, 0.2) is 11.5 Å². The molecule has 6 nitrogen and oxygen atoms in total. The summed E-state index contributed by atoms with van der Waals surface area (Å²) >= 11 is 0. The lowest BCUT2D eigenvalue weighted by atomic mass is 10.1. The van der Waals surface area contributed by atoms with Crippen molar-refractivity contribution in [3.63, 3.8) is 0 Å². The summed E-state index contributed by atoms with van der Waals surface area (Å²) in [6, 6.07) is 0.654. The second-order valence-corrected chi connectivity index (χ2v) is 5.49. The van der Waals surface area contributed by atoms with Crippen LogP contribution in [0, 0.1) is 5.92 Å². The molecule has 2 N–H and O–H groups in total. The molecule has 0 spiro atoms. The third kappa shape index (κ3) is 1.66. The van der Waals surface area contributed by atoms with Crippen molar-refractivity contribution < 1.29 is 0 Å². The van der Waals surface area contributed by atoms with Crippen LogP contribution in [0.15, 0.2) is 6.33 Å². The standard InChI is InChI=1S/C13H18N6/c1-2-14-13-17-11-10(15-7-16-11)12(18-13)19-6-8-3-4-9(19)5-8/h7-9H,2-6H2,1H3,(H2,14,15,16,17,18). The van der Waals surface area contributed by atoms with Gasteiger partial charge in [-0.2, -0.15) is 9.97 Å². The Bertz CT molecular complexity index is 606. The van der Waals surface area contributed by atoms with Gasteiger partial charge in [0.25, 0.3) is 0 Å². The lowest BCUT2D eigenvalue weighted by Gasteiger charge is -2.28. The minimum absolute atomic E-state index is 0.654. The Morgan fingerprint density at radius 1 is 1.42 bits per heavy atom. The first-order valence-corrected chi connectivity index (χ1v) is 7.06. The van der Waals surface area contributed by atoms with E-state index in [-0.39, 0.29) is 0 Å². The highest BCUT2D eigenvalue weighted by atomic mass is 15.3. The van der Waals surface area contributed by atoms with Crippen LogP contribution in [0.4, 0.5) is 11.8 Å². The summed E-state index contributed by atoms with van der Waals surface area (Å²) in [5.41, 5.74) is 1.72. The number of rotatable bonds is 3. The van der Waals surface area contributed by atoms with Gasteiger partial charge < -0.3 is 15.2 Å². The van der Waals surface area contributed by atoms with Crippen LogP contribution in [0.5, 0.6) is 0 Å². The molecular weight excluding hydrogens is 240 g/mol. The van der Waals surface area contributed by atoms with Crippen LogP contribution in [0.3, 0.4) is 0 Å². The van der Waals surface area contributed by atoms with Gasteiger partial charge in [-0.1, -0.05) is 0 Å². The lowest BCUT2D eigenvalue weighted by Crippen LogP contribution is -2.33. The molecule has 100 valence electrons. The van der Waals surface area contributed by atoms with Crippen molar-refractivity contribution in [1.82, 2.24) is 19.9 Å². The molecule has 0 radical (unpaired) electrons. The van der Waals surface area contributed by atoms with E-state index in [9.17, 15) is 0 Å². The van der Waals surface area contributed by atoms with Gasteiger partial charge in [-0.05, 0) is 32.1 Å². The zero-order valence-corrected chi connectivity index (χ0v) is 11.1. The van der Waals surface area contributed by atoms with E-state index < -0.39 is 0 Å². The van der Waals surface area contributed by atoms with Gasteiger partial charge in [0.1, 0.15) is 5.52 Å². The summed E-state index contributed by atoms with van der Waals surface area (Å²) < 4.78 is 0. The Hall–Kier alpha value is -1.85. The van der Waals surface area contributed by atoms with E-state index in [2.05, 4.69) is 32.1 Å². The highest BCUT2D eigenvalue weighted by molar-refractivity contribution is 5.84. The summed E-state index contributed by atoms with van der Waals surface area (Å²) in [5, 5.41) is 3.19. The van der Waals surface area contributed by atoms with Crippen LogP contribution in [0.2, 0.25) is 0 Å². The number of imidazole rings is 1. The summed E-state index contributed by atoms with van der Waals surface area (Å²) in [5.74, 6) is 2.55. The van der Waals surface area contributed by atoms with Crippen molar-refractivity contribution in [2.24, 2.45) is 5.92 Å². The van der Waals surface area contributed by atoms with E-state index in [0.717, 1.165) is 36.0 Å². The third-order valence-electron chi connectivity index (χ3n) is 4.28. The molecule has 0 amide bonds. The van der Waals surface area contributed by atoms with E-state index in [1.807, 2.05) is 0 Å². The number of aromatic amines is 1. The average Bonchev–Trinajstić information content (AvgIpc) is 3.13. The Kier molecular flexibility index (Phi) is 2.36. The van der Waals surface area contributed by atoms with Crippen molar-refractivity contribution in [2.45, 2.75) is 32.2 Å². The maximum Gasteiger partial charge on any atom is 0.226 e. The van der Waals surface area contributed by atoms with Crippen molar-refractivity contribution in [2.75, 3.05) is 23.3 Å². The van der Waals surface area contributed by atoms with Crippen LogP contribution in [-0.4, -0.2) is 39.1 Å². The summed E-state index contributed by atoms with van der Waals surface area (Å²) in [7, 11) is 0. The average molecular weight is 258 g/mol. The molecule has 2 aromatic heterocycles. The number of H-pyrrole nitrogens is 1. The van der Waals surface area contributed by atoms with Crippen LogP contribution in [0.1, 0.15) is 26.2 Å². The van der Waals surface area contributed by atoms with Gasteiger partial charge in [0.2, 0.25) is 5.95 Å². The fraction of sp³-hybridized carbons (Fsp3) is 0.615. The van der Waals surface area contributed by atoms with Gasteiger partial charge >= 0.3 is 0 Å². The molecule has 2 unspecified atom stereocenters. The van der Waals surface area contributed by atoms with Crippen LogP contribution < -0.4 is 10.2 Å². The molecule has 0 aromatic carbocycles. The van der Waals surface area contributed by atoms with Crippen molar-refractivity contribution >= 4 is 22.9 Å². The van der Waals surface area contributed by atoms with E-state index in [0.29, 0.717) is 12.0 Å². The van der Waals surface area contributed by atoms with Crippen molar-refractivity contribution in [1.29, 1.82) is 0 Å². The lowest BCUT2D eigenvalue weighted by molar-refractivity contribution is 0.551. The zero-order valence-electron chi connectivity index (χ0n) is 11.1.